The van der Waals surface area contributed by atoms with Crippen molar-refractivity contribution in [3.8, 4) is 0 Å². The third-order valence-corrected chi connectivity index (χ3v) is 12.7. The van der Waals surface area contributed by atoms with Crippen molar-refractivity contribution in [1.82, 2.24) is 5.32 Å². The van der Waals surface area contributed by atoms with E-state index in [1.807, 2.05) is 27.2 Å². The quantitative estimate of drug-likeness (QED) is 0.0243. The fourth-order valence-corrected chi connectivity index (χ4v) is 8.11. The van der Waals surface area contributed by atoms with Gasteiger partial charge in [0.1, 0.15) is 13.2 Å². The van der Waals surface area contributed by atoms with Crippen LogP contribution in [0.2, 0.25) is 0 Å². The van der Waals surface area contributed by atoms with Gasteiger partial charge in [-0.3, -0.25) is 13.8 Å². The summed E-state index contributed by atoms with van der Waals surface area (Å²) in [5, 5.41) is 13.9. The highest BCUT2D eigenvalue weighted by Gasteiger charge is 2.27. The monoisotopic (exact) mass is 982 g/mol. The summed E-state index contributed by atoms with van der Waals surface area (Å²) in [6.45, 7) is 4.65. The zero-order valence-corrected chi connectivity index (χ0v) is 45.9. The molecule has 0 aliphatic heterocycles. The van der Waals surface area contributed by atoms with Crippen LogP contribution in [-0.4, -0.2) is 73.4 Å². The fraction of sp³-hybridized carbons (Fsp3) is 0.683. The molecule has 3 atom stereocenters. The standard InChI is InChI=1S/C60H105N2O6P/c1-6-8-10-12-14-16-18-20-22-24-26-28-30-31-32-34-36-38-40-42-44-46-48-50-52-54-60(64)61-58(57-68-69(65,66)67-56-55-62(3,4)5)59(63)53-51-49-47-45-43-41-39-37-35-33-29-27-25-23-21-19-17-15-13-11-9-7-2/h8,10,14,16,20,22,26,28,31-32,35-38,43,45,51,53,58-59,63H,6-7,9,11-13,15,17-19,21,23-25,27,29-30,33-34,39-42,44,46-50,52,54-57H2,1-5H3,(H-,61,64,65,66)/p+1/b10-8-,16-14-,22-20-,28-26-,32-31-,37-35+,38-36-,45-43+,53-51+. The maximum Gasteiger partial charge on any atom is 0.472 e. The normalized spacial score (nSPS) is 14.8. The molecule has 0 rings (SSSR count). The largest absolute Gasteiger partial charge is 0.472 e. The molecule has 69 heavy (non-hydrogen) atoms. The first-order valence-electron chi connectivity index (χ1n) is 27.8. The Morgan fingerprint density at radius 1 is 0.507 bits per heavy atom. The molecular formula is C60H106N2O6P+. The summed E-state index contributed by atoms with van der Waals surface area (Å²) in [4.78, 5) is 23.3. The molecule has 0 aromatic carbocycles. The molecule has 0 saturated heterocycles. The van der Waals surface area contributed by atoms with Gasteiger partial charge in [-0.25, -0.2) is 4.57 Å². The SMILES string of the molecule is CC/C=C\C/C=C\C/C=C\C/C=C\C/C=C\C/C=C\CCCCCCCCC(=O)NC(COP(=O)(O)OCC[N+](C)(C)C)C(O)/C=C/CC/C=C/CC/C=C/CCCCCCCCCCCCCC. The number of nitrogens with zero attached hydrogens (tertiary/aromatic N) is 1. The van der Waals surface area contributed by atoms with Gasteiger partial charge in [0, 0.05) is 6.42 Å². The lowest BCUT2D eigenvalue weighted by atomic mass is 10.0. The van der Waals surface area contributed by atoms with E-state index in [0.29, 0.717) is 17.4 Å². The van der Waals surface area contributed by atoms with Crippen molar-refractivity contribution in [1.29, 1.82) is 0 Å². The van der Waals surface area contributed by atoms with Gasteiger partial charge in [-0.1, -0.05) is 220 Å². The second kappa shape index (κ2) is 50.1. The number of carbonyl (C=O) groups is 1. The first kappa shape index (κ1) is 66.2. The van der Waals surface area contributed by atoms with Crippen LogP contribution in [0.15, 0.2) is 109 Å². The van der Waals surface area contributed by atoms with Gasteiger partial charge in [-0.05, 0) is 96.3 Å². The van der Waals surface area contributed by atoms with Crippen LogP contribution < -0.4 is 5.32 Å². The van der Waals surface area contributed by atoms with Crippen molar-refractivity contribution in [3.05, 3.63) is 109 Å². The Morgan fingerprint density at radius 2 is 0.884 bits per heavy atom. The average molecular weight is 982 g/mol. The molecular weight excluding hydrogens is 876 g/mol. The number of amides is 1. The molecule has 9 heteroatoms. The lowest BCUT2D eigenvalue weighted by Gasteiger charge is -2.25. The highest BCUT2D eigenvalue weighted by molar-refractivity contribution is 7.47. The van der Waals surface area contributed by atoms with Crippen molar-refractivity contribution < 1.29 is 32.9 Å². The molecule has 0 saturated carbocycles. The number of quaternary nitrogens is 1. The number of hydrogen-bond acceptors (Lipinski definition) is 5. The van der Waals surface area contributed by atoms with E-state index in [-0.39, 0.29) is 19.1 Å². The Hall–Kier alpha value is -2.84. The van der Waals surface area contributed by atoms with E-state index in [0.717, 1.165) is 103 Å². The predicted octanol–water partition coefficient (Wildman–Crippen LogP) is 16.8. The first-order valence-corrected chi connectivity index (χ1v) is 29.3. The minimum Gasteiger partial charge on any atom is -0.387 e. The Kier molecular flexibility index (Phi) is 48.1. The number of unbranched alkanes of at least 4 members (excludes halogenated alkanes) is 20. The molecule has 0 spiro atoms. The van der Waals surface area contributed by atoms with Crippen LogP contribution in [0, 0.1) is 0 Å². The van der Waals surface area contributed by atoms with Gasteiger partial charge in [-0.15, -0.1) is 0 Å². The molecule has 0 aromatic rings. The highest BCUT2D eigenvalue weighted by atomic mass is 31.2. The zero-order valence-electron chi connectivity index (χ0n) is 45.0. The molecule has 0 radical (unpaired) electrons. The lowest BCUT2D eigenvalue weighted by Crippen LogP contribution is -2.45. The minimum atomic E-state index is -4.37. The smallest absolute Gasteiger partial charge is 0.387 e. The van der Waals surface area contributed by atoms with Gasteiger partial charge in [-0.2, -0.15) is 0 Å². The number of nitrogens with one attached hydrogen (secondary N) is 1. The zero-order chi connectivity index (χ0) is 50.6. The van der Waals surface area contributed by atoms with Crippen molar-refractivity contribution in [3.63, 3.8) is 0 Å². The average Bonchev–Trinajstić information content (AvgIpc) is 3.31. The second-order valence-electron chi connectivity index (χ2n) is 19.6. The third-order valence-electron chi connectivity index (χ3n) is 11.7. The molecule has 1 amide bonds. The summed E-state index contributed by atoms with van der Waals surface area (Å²) < 4.78 is 23.7. The van der Waals surface area contributed by atoms with E-state index >= 15 is 0 Å². The fourth-order valence-electron chi connectivity index (χ4n) is 7.37. The Morgan fingerprint density at radius 3 is 1.33 bits per heavy atom. The molecule has 396 valence electrons. The second-order valence-corrected chi connectivity index (χ2v) is 21.0. The van der Waals surface area contributed by atoms with Crippen LogP contribution in [0.4, 0.5) is 0 Å². The van der Waals surface area contributed by atoms with Gasteiger partial charge in [0.05, 0.1) is 39.9 Å². The Labute approximate surface area is 425 Å². The number of phosphoric ester groups is 1. The van der Waals surface area contributed by atoms with Crippen LogP contribution in [-0.2, 0) is 18.4 Å². The van der Waals surface area contributed by atoms with E-state index in [1.165, 1.54) is 89.9 Å². The van der Waals surface area contributed by atoms with Crippen LogP contribution in [0.25, 0.3) is 0 Å². The predicted molar refractivity (Wildman–Crippen MR) is 299 cm³/mol. The maximum absolute atomic E-state index is 13.0. The number of allylic oxidation sites excluding steroid dienone is 17. The van der Waals surface area contributed by atoms with Crippen LogP contribution in [0.5, 0.6) is 0 Å². The topological polar surface area (TPSA) is 105 Å². The van der Waals surface area contributed by atoms with Crippen molar-refractivity contribution in [2.24, 2.45) is 0 Å². The molecule has 3 N–H and O–H groups in total. The van der Waals surface area contributed by atoms with E-state index in [9.17, 15) is 19.4 Å². The number of hydrogen-bond donors (Lipinski definition) is 3. The number of likely N-dealkylation sites (N-methyl/N-ethyl adjacent to an activating group) is 1. The third kappa shape index (κ3) is 52.8. The molecule has 0 aromatic heterocycles. The Bertz CT molecular complexity index is 1490. The van der Waals surface area contributed by atoms with Gasteiger partial charge < -0.3 is 19.8 Å². The van der Waals surface area contributed by atoms with Crippen molar-refractivity contribution in [2.45, 2.75) is 225 Å². The molecule has 0 fully saturated rings. The minimum absolute atomic E-state index is 0.0442. The molecule has 0 aliphatic rings. The van der Waals surface area contributed by atoms with Gasteiger partial charge in [0.15, 0.2) is 0 Å². The van der Waals surface area contributed by atoms with E-state index in [1.54, 1.807) is 6.08 Å². The maximum atomic E-state index is 13.0. The summed E-state index contributed by atoms with van der Waals surface area (Å²) >= 11 is 0. The van der Waals surface area contributed by atoms with Gasteiger partial charge in [0.2, 0.25) is 5.91 Å². The summed E-state index contributed by atoms with van der Waals surface area (Å²) in [7, 11) is 1.52. The van der Waals surface area contributed by atoms with Crippen LogP contribution in [0.1, 0.15) is 213 Å². The van der Waals surface area contributed by atoms with Gasteiger partial charge in [0.25, 0.3) is 0 Å². The number of carbonyl (C=O) groups excluding carboxylic acids is 1. The molecule has 0 aliphatic carbocycles. The lowest BCUT2D eigenvalue weighted by molar-refractivity contribution is -0.870. The molecule has 8 nitrogen and oxygen atoms in total. The number of aliphatic hydroxyl groups excluding tert-OH is 1. The van der Waals surface area contributed by atoms with E-state index in [4.69, 9.17) is 9.05 Å². The van der Waals surface area contributed by atoms with Crippen molar-refractivity contribution >= 4 is 13.7 Å². The molecule has 0 bridgehead atoms. The summed E-state index contributed by atoms with van der Waals surface area (Å²) in [5.41, 5.74) is 0. The van der Waals surface area contributed by atoms with E-state index in [2.05, 4.69) is 116 Å². The number of phosphoric acid groups is 1. The molecule has 0 heterocycles. The molecule has 3 unspecified atom stereocenters. The Balaban J connectivity index is 4.40. The number of aliphatic hydroxyl groups is 1. The summed E-state index contributed by atoms with van der Waals surface area (Å²) in [5.74, 6) is -0.210. The van der Waals surface area contributed by atoms with Crippen LogP contribution >= 0.6 is 7.82 Å². The summed E-state index contributed by atoms with van der Waals surface area (Å²) in [6.07, 6.45) is 73.2. The van der Waals surface area contributed by atoms with E-state index < -0.39 is 20.0 Å². The van der Waals surface area contributed by atoms with Crippen LogP contribution in [0.3, 0.4) is 0 Å². The summed E-state index contributed by atoms with van der Waals surface area (Å²) in [6, 6.07) is -0.887. The highest BCUT2D eigenvalue weighted by Crippen LogP contribution is 2.43. The van der Waals surface area contributed by atoms with Gasteiger partial charge >= 0.3 is 7.82 Å². The first-order chi connectivity index (χ1) is 33.5. The van der Waals surface area contributed by atoms with Crippen molar-refractivity contribution in [2.75, 3.05) is 40.9 Å². The number of rotatable bonds is 49.